The van der Waals surface area contributed by atoms with Crippen LogP contribution in [0.25, 0.3) is 10.9 Å². The first-order valence-electron chi connectivity index (χ1n) is 9.07. The molecule has 172 valence electrons. The van der Waals surface area contributed by atoms with Gasteiger partial charge in [0.25, 0.3) is 5.56 Å². The molecular formula is C19H16F4N7O2P. The van der Waals surface area contributed by atoms with Gasteiger partial charge >= 0.3 is 6.18 Å². The molecule has 0 aliphatic heterocycles. The first-order chi connectivity index (χ1) is 15.5. The fraction of sp³-hybridized carbons (Fsp3) is 0.158. The molecule has 4 N–H and O–H groups in total. The number of halogens is 4. The standard InChI is InChI=1S/C19H16F4N7O2P/c1-8-5-10(30-25)15(33)13-14(8)28-17(29-18(13)31)11(6-12(24)32-7-19(21,22)23)27-16-9(20)3-2-4-26-16/h2-6,25H,7,24,33H2,1H3,(H,28,29,31). The van der Waals surface area contributed by atoms with Crippen LogP contribution in [0.2, 0.25) is 0 Å². The van der Waals surface area contributed by atoms with Gasteiger partial charge in [-0.3, -0.25) is 4.79 Å². The number of nitrogens with zero attached hydrogens (tertiary/aromatic N) is 4. The zero-order valence-electron chi connectivity index (χ0n) is 16.9. The van der Waals surface area contributed by atoms with Crippen molar-refractivity contribution in [1.82, 2.24) is 15.0 Å². The Balaban J connectivity index is 2.22. The van der Waals surface area contributed by atoms with Crippen LogP contribution in [0.4, 0.5) is 29.1 Å². The van der Waals surface area contributed by atoms with Gasteiger partial charge in [0.2, 0.25) is 0 Å². The van der Waals surface area contributed by atoms with Gasteiger partial charge in [-0.05, 0) is 30.7 Å². The van der Waals surface area contributed by atoms with E-state index in [1.54, 1.807) is 6.92 Å². The molecule has 14 heteroatoms. The Morgan fingerprint density at radius 1 is 1.42 bits per heavy atom. The third kappa shape index (κ3) is 5.55. The molecule has 3 aromatic rings. The van der Waals surface area contributed by atoms with Gasteiger partial charge in [-0.25, -0.2) is 24.9 Å². The highest BCUT2D eigenvalue weighted by atomic mass is 31.0. The third-order valence-corrected chi connectivity index (χ3v) is 4.79. The Labute approximate surface area is 185 Å². The molecule has 0 saturated carbocycles. The summed E-state index contributed by atoms with van der Waals surface area (Å²) < 4.78 is 56.0. The summed E-state index contributed by atoms with van der Waals surface area (Å²) in [4.78, 5) is 27.3. The highest BCUT2D eigenvalue weighted by Crippen LogP contribution is 2.23. The highest BCUT2D eigenvalue weighted by molar-refractivity contribution is 7.29. The Bertz CT molecular complexity index is 1350. The molecule has 9 nitrogen and oxygen atoms in total. The van der Waals surface area contributed by atoms with Gasteiger partial charge < -0.3 is 15.5 Å². The van der Waals surface area contributed by atoms with E-state index in [2.05, 4.69) is 39.0 Å². The molecule has 0 radical (unpaired) electrons. The maximum Gasteiger partial charge on any atom is 0.422 e. The molecule has 0 bridgehead atoms. The number of fused-ring (bicyclic) bond motifs is 1. The van der Waals surface area contributed by atoms with Crippen molar-refractivity contribution in [2.45, 2.75) is 13.1 Å². The van der Waals surface area contributed by atoms with Gasteiger partial charge in [-0.2, -0.15) is 18.3 Å². The van der Waals surface area contributed by atoms with Gasteiger partial charge in [0.15, 0.2) is 29.9 Å². The van der Waals surface area contributed by atoms with Gasteiger partial charge in [0.05, 0.1) is 16.6 Å². The minimum absolute atomic E-state index is 0.128. The van der Waals surface area contributed by atoms with Crippen molar-refractivity contribution in [3.63, 3.8) is 0 Å². The first kappa shape index (κ1) is 23.9. The molecule has 2 heterocycles. The molecule has 0 saturated heterocycles. The van der Waals surface area contributed by atoms with Crippen LogP contribution < -0.4 is 16.6 Å². The van der Waals surface area contributed by atoms with Crippen LogP contribution in [0.3, 0.4) is 0 Å². The number of allylic oxidation sites excluding steroid dienone is 1. The topological polar surface area (TPSA) is 142 Å². The van der Waals surface area contributed by atoms with E-state index in [1.165, 1.54) is 18.3 Å². The number of hydrogen-bond acceptors (Lipinski definition) is 8. The monoisotopic (exact) mass is 481 g/mol. The maximum atomic E-state index is 14.1. The Morgan fingerprint density at radius 3 is 2.79 bits per heavy atom. The van der Waals surface area contributed by atoms with Gasteiger partial charge in [0, 0.05) is 17.6 Å². The normalized spacial score (nSPS) is 12.8. The number of pyridine rings is 1. The number of H-pyrrole nitrogens is 1. The SMILES string of the molecule is Cc1cc(N=N)c(P)c2c(=O)[nH]c(C(C=C(N)OCC(F)(F)F)=Nc3ncccc3F)nc12. The summed E-state index contributed by atoms with van der Waals surface area (Å²) in [6, 6.07) is 3.92. The number of nitrogens with two attached hydrogens (primary N) is 1. The molecule has 0 aliphatic carbocycles. The van der Waals surface area contributed by atoms with Crippen molar-refractivity contribution >= 4 is 42.7 Å². The van der Waals surface area contributed by atoms with Crippen LogP contribution in [0.1, 0.15) is 11.4 Å². The molecule has 1 unspecified atom stereocenters. The lowest BCUT2D eigenvalue weighted by molar-refractivity contribution is -0.165. The fourth-order valence-corrected chi connectivity index (χ4v) is 3.19. The van der Waals surface area contributed by atoms with E-state index in [-0.39, 0.29) is 28.1 Å². The minimum atomic E-state index is -4.65. The second kappa shape index (κ2) is 9.41. The smallest absolute Gasteiger partial charge is 0.422 e. The number of ether oxygens (including phenoxy) is 1. The molecule has 0 spiro atoms. The van der Waals surface area contributed by atoms with Crippen molar-refractivity contribution in [3.05, 3.63) is 63.9 Å². The molecule has 1 aromatic carbocycles. The van der Waals surface area contributed by atoms with Crippen molar-refractivity contribution in [3.8, 4) is 0 Å². The average Bonchev–Trinajstić information content (AvgIpc) is 2.74. The van der Waals surface area contributed by atoms with Crippen LogP contribution in [-0.4, -0.2) is 33.4 Å². The van der Waals surface area contributed by atoms with Crippen molar-refractivity contribution in [2.24, 2.45) is 15.8 Å². The lowest BCUT2D eigenvalue weighted by Crippen LogP contribution is -2.22. The lowest BCUT2D eigenvalue weighted by Gasteiger charge is -2.11. The average molecular weight is 481 g/mol. The number of benzene rings is 1. The van der Waals surface area contributed by atoms with E-state index >= 15 is 0 Å². The highest BCUT2D eigenvalue weighted by Gasteiger charge is 2.28. The summed E-state index contributed by atoms with van der Waals surface area (Å²) in [5.74, 6) is -2.16. The summed E-state index contributed by atoms with van der Waals surface area (Å²) in [5, 5.41) is 3.82. The largest absolute Gasteiger partial charge is 0.470 e. The predicted octanol–water partition coefficient (Wildman–Crippen LogP) is 3.43. The summed E-state index contributed by atoms with van der Waals surface area (Å²) in [7, 11) is 2.31. The van der Waals surface area contributed by atoms with Gasteiger partial charge in [-0.1, -0.05) is 0 Å². The third-order valence-electron chi connectivity index (χ3n) is 4.20. The number of aromatic nitrogens is 3. The zero-order valence-corrected chi connectivity index (χ0v) is 18.0. The second-order valence-corrected chi connectivity index (χ2v) is 7.21. The fourth-order valence-electron chi connectivity index (χ4n) is 2.77. The number of aryl methyl sites for hydroxylation is 1. The van der Waals surface area contributed by atoms with Crippen LogP contribution in [0, 0.1) is 18.3 Å². The second-order valence-electron chi connectivity index (χ2n) is 6.63. The van der Waals surface area contributed by atoms with Crippen molar-refractivity contribution in [2.75, 3.05) is 6.61 Å². The number of aromatic amines is 1. The summed E-state index contributed by atoms with van der Waals surface area (Å²) in [6.45, 7) is -0.0413. The number of rotatable bonds is 6. The van der Waals surface area contributed by atoms with E-state index in [0.717, 1.165) is 12.1 Å². The predicted molar refractivity (Wildman–Crippen MR) is 116 cm³/mol. The van der Waals surface area contributed by atoms with E-state index < -0.39 is 35.9 Å². The van der Waals surface area contributed by atoms with E-state index in [4.69, 9.17) is 11.3 Å². The molecule has 0 fully saturated rings. The maximum absolute atomic E-state index is 14.1. The van der Waals surface area contributed by atoms with Crippen LogP contribution >= 0.6 is 9.24 Å². The Kier molecular flexibility index (Phi) is 6.82. The first-order valence-corrected chi connectivity index (χ1v) is 9.64. The molecular weight excluding hydrogens is 465 g/mol. The zero-order chi connectivity index (χ0) is 24.3. The summed E-state index contributed by atoms with van der Waals surface area (Å²) in [6.07, 6.45) is -2.53. The van der Waals surface area contributed by atoms with Gasteiger partial charge in [0.1, 0.15) is 5.71 Å². The van der Waals surface area contributed by atoms with E-state index in [9.17, 15) is 22.4 Å². The lowest BCUT2D eigenvalue weighted by atomic mass is 10.1. The van der Waals surface area contributed by atoms with E-state index in [0.29, 0.717) is 10.9 Å². The van der Waals surface area contributed by atoms with Crippen LogP contribution in [-0.2, 0) is 4.74 Å². The summed E-state index contributed by atoms with van der Waals surface area (Å²) >= 11 is 0. The van der Waals surface area contributed by atoms with Gasteiger partial charge in [-0.15, -0.1) is 9.24 Å². The van der Waals surface area contributed by atoms with Crippen LogP contribution in [0.15, 0.2) is 51.3 Å². The molecule has 1 atom stereocenters. The molecule has 2 aromatic heterocycles. The molecule has 33 heavy (non-hydrogen) atoms. The Morgan fingerprint density at radius 2 is 2.15 bits per heavy atom. The number of nitrogens with one attached hydrogen (secondary N) is 2. The number of alkyl halides is 3. The van der Waals surface area contributed by atoms with Crippen molar-refractivity contribution < 1.29 is 22.3 Å². The minimum Gasteiger partial charge on any atom is -0.470 e. The quantitative estimate of drug-likeness (QED) is 0.163. The molecule has 0 aliphatic rings. The molecule has 3 rings (SSSR count). The molecule has 0 amide bonds. The summed E-state index contributed by atoms with van der Waals surface area (Å²) in [5.41, 5.74) is 12.8. The van der Waals surface area contributed by atoms with E-state index in [1.807, 2.05) is 0 Å². The number of aliphatic imine (C=N–C) groups is 1. The Hall–Kier alpha value is -3.73. The van der Waals surface area contributed by atoms with Crippen molar-refractivity contribution in [1.29, 1.82) is 5.53 Å². The van der Waals surface area contributed by atoms with Crippen LogP contribution in [0.5, 0.6) is 0 Å². The number of hydrogen-bond donors (Lipinski definition) is 3.